The molecule has 1 aromatic carbocycles. The largest absolute Gasteiger partial charge is 0.461 e. The summed E-state index contributed by atoms with van der Waals surface area (Å²) < 4.78 is 53.4. The molecule has 6 atom stereocenters. The second-order valence-electron chi connectivity index (χ2n) is 10.9. The average Bonchev–Trinajstić information content (AvgIpc) is 3.46. The molecule has 228 valence electrons. The summed E-state index contributed by atoms with van der Waals surface area (Å²) in [6.45, 7) is 2.06. The minimum atomic E-state index is -4.32. The third-order valence-electron chi connectivity index (χ3n) is 7.48. The number of hydrogen-bond acceptors (Lipinski definition) is 11. The zero-order valence-corrected chi connectivity index (χ0v) is 24.2. The number of carbonyl (C=O) groups excluding carboxylic acids is 2. The maximum atomic E-state index is 15.6. The van der Waals surface area contributed by atoms with E-state index in [2.05, 4.69) is 15.1 Å². The summed E-state index contributed by atoms with van der Waals surface area (Å²) in [7, 11) is -4.32. The Morgan fingerprint density at radius 3 is 2.74 bits per heavy atom. The predicted octanol–water partition coefficient (Wildman–Crippen LogP) is 3.50. The lowest BCUT2D eigenvalue weighted by Crippen LogP contribution is -2.42. The normalized spacial score (nSPS) is 28.4. The van der Waals surface area contributed by atoms with Gasteiger partial charge in [-0.1, -0.05) is 24.6 Å². The summed E-state index contributed by atoms with van der Waals surface area (Å²) in [4.78, 5) is 33.3. The number of aromatic nitrogens is 2. The molecule has 15 heteroatoms. The molecule has 0 radical (unpaired) electrons. The number of para-hydroxylation sites is 1. The summed E-state index contributed by atoms with van der Waals surface area (Å²) in [5.74, 6) is -0.727. The van der Waals surface area contributed by atoms with E-state index >= 15 is 4.39 Å². The molecule has 0 bridgehead atoms. The highest BCUT2D eigenvalue weighted by Crippen LogP contribution is 2.48. The molecule has 1 saturated heterocycles. The number of hydrogen-bond donors (Lipinski definition) is 3. The van der Waals surface area contributed by atoms with Crippen molar-refractivity contribution in [3.63, 3.8) is 0 Å². The van der Waals surface area contributed by atoms with Gasteiger partial charge in [-0.3, -0.25) is 18.7 Å². The third-order valence-corrected chi connectivity index (χ3v) is 9.13. The van der Waals surface area contributed by atoms with Crippen LogP contribution < -0.4 is 15.3 Å². The number of halogens is 1. The lowest BCUT2D eigenvalue weighted by Gasteiger charge is -2.27. The van der Waals surface area contributed by atoms with E-state index in [9.17, 15) is 19.3 Å². The number of rotatable bonds is 10. The number of imidazole rings is 1. The van der Waals surface area contributed by atoms with Crippen LogP contribution in [0.5, 0.6) is 5.75 Å². The molecule has 2 unspecified atom stereocenters. The first-order valence-corrected chi connectivity index (χ1v) is 15.4. The minimum Gasteiger partial charge on any atom is -0.461 e. The number of ketones is 1. The number of nitrogens with one attached hydrogen (secondary N) is 1. The third kappa shape index (κ3) is 6.42. The number of aliphatic hydroxyl groups is 1. The van der Waals surface area contributed by atoms with Gasteiger partial charge in [0.25, 0.3) is 0 Å². The number of nitrogens with two attached hydrogens (primary N) is 1. The van der Waals surface area contributed by atoms with Gasteiger partial charge in [0, 0.05) is 0 Å². The van der Waals surface area contributed by atoms with Gasteiger partial charge >= 0.3 is 13.7 Å². The molecule has 3 aliphatic rings. The highest BCUT2D eigenvalue weighted by Gasteiger charge is 2.56. The Kier molecular flexibility index (Phi) is 8.81. The smallest absolute Gasteiger partial charge is 0.459 e. The van der Waals surface area contributed by atoms with Crippen molar-refractivity contribution in [2.45, 2.75) is 88.6 Å². The van der Waals surface area contributed by atoms with Crippen molar-refractivity contribution in [2.24, 2.45) is 10.7 Å². The number of fused-ring (bicyclic) bond motifs is 1. The van der Waals surface area contributed by atoms with Crippen LogP contribution >= 0.6 is 7.75 Å². The average molecular weight is 608 g/mol. The first-order valence-electron chi connectivity index (χ1n) is 13.9. The Morgan fingerprint density at radius 1 is 1.31 bits per heavy atom. The number of Topliss-reactive ketones (excluding diaryl/α,β-unsaturated/α-hetero) is 1. The van der Waals surface area contributed by atoms with Gasteiger partial charge in [-0.15, -0.1) is 0 Å². The van der Waals surface area contributed by atoms with E-state index in [1.54, 1.807) is 30.3 Å². The summed E-state index contributed by atoms with van der Waals surface area (Å²) in [6.07, 6.45) is 0.608. The summed E-state index contributed by atoms with van der Waals surface area (Å²) in [5, 5.41) is 13.7. The van der Waals surface area contributed by atoms with Gasteiger partial charge in [-0.2, -0.15) is 5.09 Å². The van der Waals surface area contributed by atoms with Crippen molar-refractivity contribution < 1.29 is 42.2 Å². The van der Waals surface area contributed by atoms with Crippen LogP contribution in [0.2, 0.25) is 0 Å². The number of aliphatic imine (C=N–C) groups is 1. The molecule has 2 aromatic rings. The zero-order chi connectivity index (χ0) is 30.1. The van der Waals surface area contributed by atoms with E-state index in [1.165, 1.54) is 24.7 Å². The summed E-state index contributed by atoms with van der Waals surface area (Å²) >= 11 is 0. The van der Waals surface area contributed by atoms with Crippen molar-refractivity contribution in [2.75, 3.05) is 6.61 Å². The number of nitrogens with zero attached hydrogens (tertiary/aromatic N) is 3. The van der Waals surface area contributed by atoms with Gasteiger partial charge < -0.3 is 24.8 Å². The number of amidine groups is 1. The Balaban J connectivity index is 1.31. The molecule has 0 amide bonds. The van der Waals surface area contributed by atoms with E-state index in [0.717, 1.165) is 32.1 Å². The van der Waals surface area contributed by atoms with Crippen LogP contribution in [0, 0.1) is 0 Å². The lowest BCUT2D eigenvalue weighted by molar-refractivity contribution is -0.152. The van der Waals surface area contributed by atoms with Crippen molar-refractivity contribution in [3.05, 3.63) is 42.4 Å². The minimum absolute atomic E-state index is 0.0257. The first kappa shape index (κ1) is 30.3. The molecule has 2 aliphatic heterocycles. The molecule has 1 aliphatic carbocycles. The Labute approximate surface area is 242 Å². The van der Waals surface area contributed by atoms with E-state index in [0.29, 0.717) is 0 Å². The van der Waals surface area contributed by atoms with E-state index < -0.39 is 50.5 Å². The maximum Gasteiger partial charge on any atom is 0.459 e. The maximum absolute atomic E-state index is 15.6. The van der Waals surface area contributed by atoms with Crippen LogP contribution in [0.25, 0.3) is 0 Å². The number of carbonyl (C=O) groups is 2. The van der Waals surface area contributed by atoms with Gasteiger partial charge in [0.1, 0.15) is 35.4 Å². The highest BCUT2D eigenvalue weighted by molar-refractivity contribution is 7.52. The van der Waals surface area contributed by atoms with Crippen LogP contribution in [0.3, 0.4) is 0 Å². The standard InChI is InChI=1S/C27H35FN5O8P/c1-16(25(35)39-17-9-5-3-6-10-17)32-42(37,41-18-11-7-4-8-12-18)38-14-20-23(28)27(2,36)26(40-20)33-15-30-22-19(34)13-21(29)31-24(22)33/h4,7-8,11-12,15-17,20,23,26,36H,3,5-6,9-10,13-14H2,1-2H3,(H2,29,31)(H,32,37)/t16?,20-,23-,26-,27-,42?/m1/s1. The molecule has 13 nitrogen and oxygen atoms in total. The second kappa shape index (κ2) is 12.2. The molecule has 0 spiro atoms. The van der Waals surface area contributed by atoms with Gasteiger partial charge in [0.2, 0.25) is 0 Å². The number of esters is 1. The van der Waals surface area contributed by atoms with Crippen LogP contribution in [0.4, 0.5) is 10.2 Å². The zero-order valence-electron chi connectivity index (χ0n) is 23.3. The monoisotopic (exact) mass is 607 g/mol. The van der Waals surface area contributed by atoms with Crippen molar-refractivity contribution in [1.82, 2.24) is 14.6 Å². The molecule has 42 heavy (non-hydrogen) atoms. The number of ether oxygens (including phenoxy) is 2. The van der Waals surface area contributed by atoms with Crippen molar-refractivity contribution >= 4 is 31.2 Å². The van der Waals surface area contributed by atoms with E-state index in [-0.39, 0.29) is 41.4 Å². The quantitative estimate of drug-likeness (QED) is 0.266. The van der Waals surface area contributed by atoms with Crippen LogP contribution in [-0.2, 0) is 23.4 Å². The van der Waals surface area contributed by atoms with Gasteiger partial charge in [-0.05, 0) is 51.7 Å². The molecule has 4 N–H and O–H groups in total. The summed E-state index contributed by atoms with van der Waals surface area (Å²) in [5.41, 5.74) is 3.67. The van der Waals surface area contributed by atoms with Crippen molar-refractivity contribution in [1.29, 1.82) is 0 Å². The molecule has 1 aromatic heterocycles. The van der Waals surface area contributed by atoms with E-state index in [1.807, 2.05) is 0 Å². The second-order valence-corrected chi connectivity index (χ2v) is 12.6. The molecule has 1 saturated carbocycles. The number of alkyl halides is 1. The van der Waals surface area contributed by atoms with Gasteiger partial charge in [-0.25, -0.2) is 18.9 Å². The Bertz CT molecular complexity index is 1380. The first-order chi connectivity index (χ1) is 20.0. The SMILES string of the molecule is CC(NP(=O)(OC[C@H]1O[C@@H](n2cnc3c2N=C(N)CC3=O)[C@](C)(O)[C@@H]1F)Oc1ccccc1)C(=O)OC1CCCCC1. The van der Waals surface area contributed by atoms with Crippen molar-refractivity contribution in [3.8, 4) is 5.75 Å². The fourth-order valence-corrected chi connectivity index (χ4v) is 6.74. The predicted molar refractivity (Wildman–Crippen MR) is 148 cm³/mol. The Hall–Kier alpha value is -3.16. The van der Waals surface area contributed by atoms with Crippen LogP contribution in [-0.4, -0.2) is 68.9 Å². The number of benzene rings is 1. The van der Waals surface area contributed by atoms with Gasteiger partial charge in [0.15, 0.2) is 29.7 Å². The Morgan fingerprint density at radius 2 is 2.02 bits per heavy atom. The molecule has 3 heterocycles. The topological polar surface area (TPSA) is 177 Å². The fourth-order valence-electron chi connectivity index (χ4n) is 5.23. The fraction of sp³-hybridized carbons (Fsp3) is 0.556. The lowest BCUT2D eigenvalue weighted by atomic mass is 9.98. The molecule has 2 fully saturated rings. The summed E-state index contributed by atoms with van der Waals surface area (Å²) in [6, 6.07) is 7.06. The van der Waals surface area contributed by atoms with Gasteiger partial charge in [0.05, 0.1) is 19.4 Å². The highest BCUT2D eigenvalue weighted by atomic mass is 31.2. The van der Waals surface area contributed by atoms with Crippen LogP contribution in [0.1, 0.15) is 69.1 Å². The molecular formula is C27H35FN5O8P. The molecular weight excluding hydrogens is 572 g/mol. The van der Waals surface area contributed by atoms with E-state index in [4.69, 9.17) is 24.3 Å². The van der Waals surface area contributed by atoms with Crippen LogP contribution in [0.15, 0.2) is 41.7 Å². The molecule has 5 rings (SSSR count).